The molecular formula is C16H17ClN2O3. The van der Waals surface area contributed by atoms with Crippen LogP contribution in [0.5, 0.6) is 5.75 Å². The van der Waals surface area contributed by atoms with Crippen molar-refractivity contribution in [2.24, 2.45) is 0 Å². The van der Waals surface area contributed by atoms with Gasteiger partial charge < -0.3 is 14.6 Å². The van der Waals surface area contributed by atoms with E-state index in [1.807, 2.05) is 6.92 Å². The summed E-state index contributed by atoms with van der Waals surface area (Å²) in [4.78, 5) is 12.3. The van der Waals surface area contributed by atoms with Crippen molar-refractivity contribution >= 4 is 23.2 Å². The molecule has 1 aliphatic rings. The Kier molecular flexibility index (Phi) is 4.34. The van der Waals surface area contributed by atoms with Gasteiger partial charge in [-0.05, 0) is 31.4 Å². The van der Waals surface area contributed by atoms with Gasteiger partial charge in [0.05, 0.1) is 23.0 Å². The van der Waals surface area contributed by atoms with Crippen LogP contribution in [-0.4, -0.2) is 17.7 Å². The molecule has 0 spiro atoms. The fraction of sp³-hybridized carbons (Fsp3) is 0.375. The number of rotatable bonds is 6. The lowest BCUT2D eigenvalue weighted by Crippen LogP contribution is -2.12. The summed E-state index contributed by atoms with van der Waals surface area (Å²) in [5, 5.41) is 7.17. The molecule has 0 unspecified atom stereocenters. The molecular weight excluding hydrogens is 304 g/mol. The first-order valence-corrected chi connectivity index (χ1v) is 7.76. The van der Waals surface area contributed by atoms with Gasteiger partial charge in [0.1, 0.15) is 0 Å². The van der Waals surface area contributed by atoms with Crippen molar-refractivity contribution in [3.05, 3.63) is 40.7 Å². The van der Waals surface area contributed by atoms with Gasteiger partial charge in [0.15, 0.2) is 5.75 Å². The molecule has 1 saturated carbocycles. The summed E-state index contributed by atoms with van der Waals surface area (Å²) in [5.74, 6) is 0.757. The van der Waals surface area contributed by atoms with Gasteiger partial charge in [0, 0.05) is 12.0 Å². The summed E-state index contributed by atoms with van der Waals surface area (Å²) in [5.41, 5.74) is 1.37. The molecule has 0 saturated heterocycles. The molecule has 1 aromatic carbocycles. The average Bonchev–Trinajstić information content (AvgIpc) is 3.24. The van der Waals surface area contributed by atoms with Gasteiger partial charge in [-0.25, -0.2) is 0 Å². The van der Waals surface area contributed by atoms with E-state index in [1.54, 1.807) is 24.3 Å². The summed E-state index contributed by atoms with van der Waals surface area (Å²) in [6.45, 7) is 2.53. The standard InChI is InChI=1S/C16H17ClN2O3/c1-2-8-21-15-11(17)4-3-5-12(15)18-16(20)14-9-13(19-22-14)10-6-7-10/h3-5,9-10H,2,6-8H2,1H3,(H,18,20). The van der Waals surface area contributed by atoms with Crippen molar-refractivity contribution in [1.82, 2.24) is 5.16 Å². The molecule has 1 fully saturated rings. The molecule has 22 heavy (non-hydrogen) atoms. The number of nitrogens with zero attached hydrogens (tertiary/aromatic N) is 1. The summed E-state index contributed by atoms with van der Waals surface area (Å²) in [6, 6.07) is 6.92. The van der Waals surface area contributed by atoms with Gasteiger partial charge in [-0.1, -0.05) is 29.7 Å². The molecule has 3 rings (SSSR count). The topological polar surface area (TPSA) is 64.4 Å². The average molecular weight is 321 g/mol. The highest BCUT2D eigenvalue weighted by Gasteiger charge is 2.28. The van der Waals surface area contributed by atoms with Gasteiger partial charge in [0.2, 0.25) is 5.76 Å². The minimum atomic E-state index is -0.358. The first-order valence-electron chi connectivity index (χ1n) is 7.38. The number of aromatic nitrogens is 1. The highest BCUT2D eigenvalue weighted by Crippen LogP contribution is 2.39. The monoisotopic (exact) mass is 320 g/mol. The van der Waals surface area contributed by atoms with Crippen LogP contribution in [0.1, 0.15) is 48.4 Å². The lowest BCUT2D eigenvalue weighted by atomic mass is 10.2. The van der Waals surface area contributed by atoms with E-state index in [-0.39, 0.29) is 11.7 Å². The maximum absolute atomic E-state index is 12.3. The van der Waals surface area contributed by atoms with Crippen molar-refractivity contribution < 1.29 is 14.1 Å². The van der Waals surface area contributed by atoms with E-state index in [2.05, 4.69) is 10.5 Å². The SMILES string of the molecule is CCCOc1c(Cl)cccc1NC(=O)c1cc(C2CC2)no1. The Morgan fingerprint density at radius 1 is 1.50 bits per heavy atom. The Labute approximate surface area is 133 Å². The second kappa shape index (κ2) is 6.40. The van der Waals surface area contributed by atoms with Gasteiger partial charge in [-0.15, -0.1) is 0 Å². The Hall–Kier alpha value is -2.01. The zero-order chi connectivity index (χ0) is 15.5. The van der Waals surface area contributed by atoms with Crippen LogP contribution >= 0.6 is 11.6 Å². The second-order valence-electron chi connectivity index (χ2n) is 5.31. The summed E-state index contributed by atoms with van der Waals surface area (Å²) in [7, 11) is 0. The number of anilines is 1. The predicted molar refractivity (Wildman–Crippen MR) is 83.7 cm³/mol. The van der Waals surface area contributed by atoms with E-state index < -0.39 is 0 Å². The third-order valence-corrected chi connectivity index (χ3v) is 3.71. The molecule has 0 bridgehead atoms. The number of hydrogen-bond donors (Lipinski definition) is 1. The van der Waals surface area contributed by atoms with Crippen LogP contribution in [0.4, 0.5) is 5.69 Å². The molecule has 0 atom stereocenters. The number of ether oxygens (including phenoxy) is 1. The molecule has 1 N–H and O–H groups in total. The van der Waals surface area contributed by atoms with Gasteiger partial charge in [-0.2, -0.15) is 0 Å². The molecule has 1 amide bonds. The third-order valence-electron chi connectivity index (χ3n) is 3.41. The van der Waals surface area contributed by atoms with E-state index in [0.717, 1.165) is 25.0 Å². The largest absolute Gasteiger partial charge is 0.490 e. The van der Waals surface area contributed by atoms with Crippen molar-refractivity contribution in [1.29, 1.82) is 0 Å². The predicted octanol–water partition coefficient (Wildman–Crippen LogP) is 4.25. The lowest BCUT2D eigenvalue weighted by molar-refractivity contribution is 0.0987. The zero-order valence-electron chi connectivity index (χ0n) is 12.3. The molecule has 1 aromatic heterocycles. The number of hydrogen-bond acceptors (Lipinski definition) is 4. The summed E-state index contributed by atoms with van der Waals surface area (Å²) < 4.78 is 10.7. The normalized spacial score (nSPS) is 13.9. The molecule has 6 heteroatoms. The number of nitrogens with one attached hydrogen (secondary N) is 1. The molecule has 1 heterocycles. The van der Waals surface area contributed by atoms with E-state index in [1.165, 1.54) is 0 Å². The minimum Gasteiger partial charge on any atom is -0.490 e. The fourth-order valence-corrected chi connectivity index (χ4v) is 2.34. The highest BCUT2D eigenvalue weighted by molar-refractivity contribution is 6.32. The van der Waals surface area contributed by atoms with Crippen molar-refractivity contribution in [3.63, 3.8) is 0 Å². The lowest BCUT2D eigenvalue weighted by Gasteiger charge is -2.12. The number of benzene rings is 1. The summed E-state index contributed by atoms with van der Waals surface area (Å²) >= 11 is 6.14. The van der Waals surface area contributed by atoms with Gasteiger partial charge in [-0.3, -0.25) is 4.79 Å². The third kappa shape index (κ3) is 3.25. The second-order valence-corrected chi connectivity index (χ2v) is 5.72. The number of carbonyl (C=O) groups excluding carboxylic acids is 1. The number of amides is 1. The van der Waals surface area contributed by atoms with Gasteiger partial charge in [0.25, 0.3) is 5.91 Å². The maximum atomic E-state index is 12.3. The molecule has 5 nitrogen and oxygen atoms in total. The first kappa shape index (κ1) is 14.9. The van der Waals surface area contributed by atoms with Crippen LogP contribution in [0, 0.1) is 0 Å². The van der Waals surface area contributed by atoms with E-state index in [0.29, 0.717) is 29.0 Å². The zero-order valence-corrected chi connectivity index (χ0v) is 13.0. The Balaban J connectivity index is 1.76. The van der Waals surface area contributed by atoms with Crippen LogP contribution in [0.25, 0.3) is 0 Å². The summed E-state index contributed by atoms with van der Waals surface area (Å²) in [6.07, 6.45) is 3.07. The van der Waals surface area contributed by atoms with Gasteiger partial charge >= 0.3 is 0 Å². The Morgan fingerprint density at radius 2 is 2.32 bits per heavy atom. The Bertz CT molecular complexity index is 680. The number of carbonyl (C=O) groups is 1. The van der Waals surface area contributed by atoms with Crippen molar-refractivity contribution in [2.45, 2.75) is 32.1 Å². The maximum Gasteiger partial charge on any atom is 0.294 e. The first-order chi connectivity index (χ1) is 10.7. The number of para-hydroxylation sites is 1. The smallest absolute Gasteiger partial charge is 0.294 e. The molecule has 0 radical (unpaired) electrons. The van der Waals surface area contributed by atoms with Crippen LogP contribution in [0.15, 0.2) is 28.8 Å². The van der Waals surface area contributed by atoms with Crippen LogP contribution in [0.3, 0.4) is 0 Å². The van der Waals surface area contributed by atoms with Crippen LogP contribution in [0.2, 0.25) is 5.02 Å². The fourth-order valence-electron chi connectivity index (χ4n) is 2.11. The molecule has 2 aromatic rings. The molecule has 0 aliphatic heterocycles. The van der Waals surface area contributed by atoms with E-state index in [4.69, 9.17) is 20.9 Å². The molecule has 116 valence electrons. The van der Waals surface area contributed by atoms with E-state index >= 15 is 0 Å². The quantitative estimate of drug-likeness (QED) is 0.864. The van der Waals surface area contributed by atoms with Crippen molar-refractivity contribution in [3.8, 4) is 5.75 Å². The van der Waals surface area contributed by atoms with E-state index in [9.17, 15) is 4.79 Å². The number of halogens is 1. The highest BCUT2D eigenvalue weighted by atomic mass is 35.5. The molecule has 1 aliphatic carbocycles. The minimum absolute atomic E-state index is 0.198. The Morgan fingerprint density at radius 3 is 3.05 bits per heavy atom. The van der Waals surface area contributed by atoms with Crippen molar-refractivity contribution in [2.75, 3.05) is 11.9 Å². The van der Waals surface area contributed by atoms with Crippen LogP contribution < -0.4 is 10.1 Å². The van der Waals surface area contributed by atoms with Crippen LogP contribution in [-0.2, 0) is 0 Å².